The first kappa shape index (κ1) is 14.7. The molecule has 108 valence electrons. The largest absolute Gasteiger partial charge is 0.349 e. The van der Waals surface area contributed by atoms with Crippen LogP contribution in [-0.2, 0) is 0 Å². The molecule has 7 heteroatoms. The van der Waals surface area contributed by atoms with Crippen molar-refractivity contribution in [3.63, 3.8) is 0 Å². The maximum atomic E-state index is 12.2. The fourth-order valence-electron chi connectivity index (χ4n) is 2.61. The molecule has 0 spiro atoms. The van der Waals surface area contributed by atoms with Gasteiger partial charge in [0.15, 0.2) is 0 Å². The Morgan fingerprint density at radius 1 is 1.60 bits per heavy atom. The van der Waals surface area contributed by atoms with Gasteiger partial charge in [0.2, 0.25) is 5.15 Å². The minimum atomic E-state index is -0.678. The number of nitro groups is 1. The standard InChI is InChI=1S/C13H16ClN3O3/c1-13(2)5-3-8(7-13)16-12(18)9-4-6-15-11(14)10(9)17(19)20/h4,6,8H,3,5,7H2,1-2H3,(H,16,18). The van der Waals surface area contributed by atoms with Crippen molar-refractivity contribution in [1.82, 2.24) is 10.3 Å². The van der Waals surface area contributed by atoms with Gasteiger partial charge in [-0.25, -0.2) is 4.98 Å². The van der Waals surface area contributed by atoms with Crippen molar-refractivity contribution >= 4 is 23.2 Å². The van der Waals surface area contributed by atoms with Gasteiger partial charge in [0.1, 0.15) is 5.56 Å². The molecule has 0 aromatic carbocycles. The fourth-order valence-corrected chi connectivity index (χ4v) is 2.83. The van der Waals surface area contributed by atoms with E-state index in [2.05, 4.69) is 24.1 Å². The van der Waals surface area contributed by atoms with Crippen LogP contribution < -0.4 is 5.32 Å². The van der Waals surface area contributed by atoms with Crippen LogP contribution >= 0.6 is 11.6 Å². The zero-order valence-electron chi connectivity index (χ0n) is 11.4. The zero-order valence-corrected chi connectivity index (χ0v) is 12.1. The molecule has 0 aliphatic heterocycles. The average Bonchev–Trinajstić information content (AvgIpc) is 2.67. The van der Waals surface area contributed by atoms with Gasteiger partial charge in [0.05, 0.1) is 4.92 Å². The summed E-state index contributed by atoms with van der Waals surface area (Å²) in [5.41, 5.74) is -0.289. The van der Waals surface area contributed by atoms with Crippen LogP contribution in [0.4, 0.5) is 5.69 Å². The molecule has 1 aliphatic carbocycles. The van der Waals surface area contributed by atoms with Gasteiger partial charge in [0, 0.05) is 12.2 Å². The third-order valence-electron chi connectivity index (χ3n) is 3.61. The predicted molar refractivity (Wildman–Crippen MR) is 74.8 cm³/mol. The Kier molecular flexibility index (Phi) is 3.94. The molecule has 1 N–H and O–H groups in total. The van der Waals surface area contributed by atoms with Crippen LogP contribution in [0.5, 0.6) is 0 Å². The number of hydrogen-bond acceptors (Lipinski definition) is 4. The quantitative estimate of drug-likeness (QED) is 0.528. The summed E-state index contributed by atoms with van der Waals surface area (Å²) in [5, 5.41) is 13.6. The Labute approximate surface area is 121 Å². The number of rotatable bonds is 3. The molecule has 1 fully saturated rings. The van der Waals surface area contributed by atoms with Crippen molar-refractivity contribution in [3.05, 3.63) is 33.1 Å². The summed E-state index contributed by atoms with van der Waals surface area (Å²) < 4.78 is 0. The lowest BCUT2D eigenvalue weighted by Crippen LogP contribution is -2.34. The SMILES string of the molecule is CC1(C)CCC(NC(=O)c2ccnc(Cl)c2[N+](=O)[O-])C1. The minimum Gasteiger partial charge on any atom is -0.349 e. The highest BCUT2D eigenvalue weighted by atomic mass is 35.5. The van der Waals surface area contributed by atoms with E-state index in [4.69, 9.17) is 11.6 Å². The molecule has 2 rings (SSSR count). The highest BCUT2D eigenvalue weighted by Crippen LogP contribution is 2.37. The van der Waals surface area contributed by atoms with E-state index in [0.29, 0.717) is 0 Å². The van der Waals surface area contributed by atoms with Gasteiger partial charge in [-0.1, -0.05) is 25.4 Å². The molecule has 0 saturated heterocycles. The summed E-state index contributed by atoms with van der Waals surface area (Å²) in [4.78, 5) is 26.1. The Morgan fingerprint density at radius 3 is 2.85 bits per heavy atom. The number of carbonyl (C=O) groups excluding carboxylic acids is 1. The van der Waals surface area contributed by atoms with Gasteiger partial charge < -0.3 is 5.32 Å². The first-order valence-corrected chi connectivity index (χ1v) is 6.78. The first-order valence-electron chi connectivity index (χ1n) is 6.40. The van der Waals surface area contributed by atoms with Gasteiger partial charge in [0.25, 0.3) is 5.91 Å². The highest BCUT2D eigenvalue weighted by Gasteiger charge is 2.33. The summed E-state index contributed by atoms with van der Waals surface area (Å²) in [7, 11) is 0. The number of hydrogen-bond donors (Lipinski definition) is 1. The Hall–Kier alpha value is -1.69. The number of nitrogens with zero attached hydrogens (tertiary/aromatic N) is 2. The molecular weight excluding hydrogens is 282 g/mol. The number of halogens is 1. The summed E-state index contributed by atoms with van der Waals surface area (Å²) in [5.74, 6) is -0.469. The van der Waals surface area contributed by atoms with Crippen LogP contribution in [0.2, 0.25) is 5.15 Å². The van der Waals surface area contributed by atoms with Crippen LogP contribution in [-0.4, -0.2) is 21.9 Å². The molecule has 0 bridgehead atoms. The zero-order chi connectivity index (χ0) is 14.9. The molecule has 1 aliphatic rings. The van der Waals surface area contributed by atoms with E-state index in [-0.39, 0.29) is 22.2 Å². The average molecular weight is 298 g/mol. The molecule has 1 saturated carbocycles. The van der Waals surface area contributed by atoms with Gasteiger partial charge in [-0.2, -0.15) is 0 Å². The molecule has 20 heavy (non-hydrogen) atoms. The lowest BCUT2D eigenvalue weighted by Gasteiger charge is -2.17. The fraction of sp³-hybridized carbons (Fsp3) is 0.538. The highest BCUT2D eigenvalue weighted by molar-refractivity contribution is 6.32. The maximum absolute atomic E-state index is 12.2. The van der Waals surface area contributed by atoms with Crippen LogP contribution in [0.1, 0.15) is 43.5 Å². The van der Waals surface area contributed by atoms with E-state index in [1.807, 2.05) is 0 Å². The molecule has 1 amide bonds. The lowest BCUT2D eigenvalue weighted by molar-refractivity contribution is -0.385. The lowest BCUT2D eigenvalue weighted by atomic mass is 9.92. The van der Waals surface area contributed by atoms with E-state index in [1.54, 1.807) is 0 Å². The maximum Gasteiger partial charge on any atom is 0.319 e. The Bertz CT molecular complexity index is 560. The van der Waals surface area contributed by atoms with Crippen molar-refractivity contribution in [3.8, 4) is 0 Å². The second-order valence-corrected chi connectivity index (χ2v) is 6.19. The molecule has 1 aromatic heterocycles. The van der Waals surface area contributed by atoms with Crippen LogP contribution in [0.25, 0.3) is 0 Å². The van der Waals surface area contributed by atoms with Crippen molar-refractivity contribution in [2.24, 2.45) is 5.41 Å². The number of aromatic nitrogens is 1. The van der Waals surface area contributed by atoms with Crippen molar-refractivity contribution in [2.75, 3.05) is 0 Å². The Morgan fingerprint density at radius 2 is 2.30 bits per heavy atom. The van der Waals surface area contributed by atoms with E-state index >= 15 is 0 Å². The first-order chi connectivity index (χ1) is 9.30. The van der Waals surface area contributed by atoms with Gasteiger partial charge >= 0.3 is 5.69 Å². The number of nitrogens with one attached hydrogen (secondary N) is 1. The second kappa shape index (κ2) is 5.36. The van der Waals surface area contributed by atoms with Crippen molar-refractivity contribution < 1.29 is 9.72 Å². The third kappa shape index (κ3) is 3.07. The molecule has 1 heterocycles. The van der Waals surface area contributed by atoms with Gasteiger partial charge in [-0.3, -0.25) is 14.9 Å². The number of pyridine rings is 1. The summed E-state index contributed by atoms with van der Waals surface area (Å²) in [6, 6.07) is 1.36. The molecule has 1 aromatic rings. The van der Waals surface area contributed by atoms with E-state index in [1.165, 1.54) is 12.3 Å². The van der Waals surface area contributed by atoms with Crippen LogP contribution in [0.3, 0.4) is 0 Å². The second-order valence-electron chi connectivity index (χ2n) is 5.83. The summed E-state index contributed by atoms with van der Waals surface area (Å²) in [6.45, 7) is 4.29. The van der Waals surface area contributed by atoms with Gasteiger partial charge in [-0.15, -0.1) is 0 Å². The monoisotopic (exact) mass is 297 g/mol. The molecule has 6 nitrogen and oxygen atoms in total. The normalized spacial score (nSPS) is 20.6. The minimum absolute atomic E-state index is 0.0419. The Balaban J connectivity index is 2.18. The number of carbonyl (C=O) groups is 1. The van der Waals surface area contributed by atoms with E-state index in [9.17, 15) is 14.9 Å². The molecular formula is C13H16ClN3O3. The van der Waals surface area contributed by atoms with E-state index < -0.39 is 16.5 Å². The number of amides is 1. The summed E-state index contributed by atoms with van der Waals surface area (Å²) >= 11 is 5.70. The molecule has 1 unspecified atom stereocenters. The molecule has 0 radical (unpaired) electrons. The molecule has 1 atom stereocenters. The van der Waals surface area contributed by atoms with Crippen LogP contribution in [0, 0.1) is 15.5 Å². The van der Waals surface area contributed by atoms with Gasteiger partial charge in [-0.05, 0) is 30.7 Å². The van der Waals surface area contributed by atoms with E-state index in [0.717, 1.165) is 19.3 Å². The topological polar surface area (TPSA) is 85.1 Å². The third-order valence-corrected chi connectivity index (χ3v) is 3.89. The summed E-state index contributed by atoms with van der Waals surface area (Å²) in [6.07, 6.45) is 4.07. The van der Waals surface area contributed by atoms with Crippen molar-refractivity contribution in [2.45, 2.75) is 39.2 Å². The van der Waals surface area contributed by atoms with Crippen molar-refractivity contribution in [1.29, 1.82) is 0 Å². The predicted octanol–water partition coefficient (Wildman–Crippen LogP) is 2.95. The smallest absolute Gasteiger partial charge is 0.319 e. The van der Waals surface area contributed by atoms with Crippen LogP contribution in [0.15, 0.2) is 12.3 Å².